The van der Waals surface area contributed by atoms with Gasteiger partial charge in [0.25, 0.3) is 5.69 Å². The number of non-ortho nitro benzene ring substituents is 1. The molecule has 142 valence electrons. The number of nitrogens with zero attached hydrogens (tertiary/aromatic N) is 1. The first-order chi connectivity index (χ1) is 13.6. The van der Waals surface area contributed by atoms with Gasteiger partial charge in [-0.3, -0.25) is 14.9 Å². The van der Waals surface area contributed by atoms with E-state index in [0.29, 0.717) is 16.4 Å². The second-order valence-corrected chi connectivity index (χ2v) is 6.74. The van der Waals surface area contributed by atoms with Crippen LogP contribution in [0.5, 0.6) is 11.5 Å². The molecule has 0 aliphatic heterocycles. The van der Waals surface area contributed by atoms with Crippen molar-refractivity contribution in [2.75, 3.05) is 7.11 Å². The molecule has 6 nitrogen and oxygen atoms in total. The number of allylic oxidation sites excluding steroid dienone is 1. The van der Waals surface area contributed by atoms with Crippen LogP contribution in [0.2, 0.25) is 0 Å². The van der Waals surface area contributed by atoms with Gasteiger partial charge in [0.15, 0.2) is 5.78 Å². The van der Waals surface area contributed by atoms with Crippen LogP contribution in [0.3, 0.4) is 0 Å². The van der Waals surface area contributed by atoms with Gasteiger partial charge in [-0.25, -0.2) is 0 Å². The number of ether oxygens (including phenoxy) is 2. The van der Waals surface area contributed by atoms with Gasteiger partial charge in [0.2, 0.25) is 0 Å². The third-order valence-corrected chi connectivity index (χ3v) is 4.80. The van der Waals surface area contributed by atoms with Crippen LogP contribution < -0.4 is 9.47 Å². The highest BCUT2D eigenvalue weighted by molar-refractivity contribution is 7.12. The molecule has 1 heterocycles. The summed E-state index contributed by atoms with van der Waals surface area (Å²) >= 11 is 1.40. The summed E-state index contributed by atoms with van der Waals surface area (Å²) in [5, 5.41) is 12.7. The monoisotopic (exact) mass is 395 g/mol. The molecule has 0 amide bonds. The zero-order valence-corrected chi connectivity index (χ0v) is 15.8. The van der Waals surface area contributed by atoms with E-state index in [1.54, 1.807) is 37.5 Å². The van der Waals surface area contributed by atoms with Gasteiger partial charge in [0, 0.05) is 11.6 Å². The average Bonchev–Trinajstić information content (AvgIpc) is 3.25. The fraction of sp³-hybridized carbons (Fsp3) is 0.0952. The second-order valence-electron chi connectivity index (χ2n) is 5.79. The predicted octanol–water partition coefficient (Wildman–Crippen LogP) is 5.14. The summed E-state index contributed by atoms with van der Waals surface area (Å²) in [5.74, 6) is 0.970. The predicted molar refractivity (Wildman–Crippen MR) is 108 cm³/mol. The van der Waals surface area contributed by atoms with Crippen LogP contribution in [0.15, 0.2) is 66.1 Å². The van der Waals surface area contributed by atoms with Crippen molar-refractivity contribution in [1.82, 2.24) is 0 Å². The second kappa shape index (κ2) is 8.96. The third kappa shape index (κ3) is 4.83. The maximum absolute atomic E-state index is 12.1. The molecule has 3 aromatic rings. The molecular formula is C21H17NO5S. The minimum absolute atomic E-state index is 0.0340. The smallest absolute Gasteiger partial charge is 0.273 e. The quantitative estimate of drug-likeness (QED) is 0.228. The van der Waals surface area contributed by atoms with Crippen molar-refractivity contribution in [2.24, 2.45) is 0 Å². The number of ketones is 1. The number of nitro groups is 1. The molecule has 0 unspecified atom stereocenters. The third-order valence-electron chi connectivity index (χ3n) is 3.92. The largest absolute Gasteiger partial charge is 0.496 e. The Hall–Kier alpha value is -3.45. The average molecular weight is 395 g/mol. The minimum atomic E-state index is -0.469. The van der Waals surface area contributed by atoms with E-state index in [9.17, 15) is 14.9 Å². The number of rotatable bonds is 8. The van der Waals surface area contributed by atoms with Crippen molar-refractivity contribution in [3.8, 4) is 11.5 Å². The van der Waals surface area contributed by atoms with Crippen LogP contribution in [-0.4, -0.2) is 17.8 Å². The molecule has 0 radical (unpaired) electrons. The number of hydrogen-bond acceptors (Lipinski definition) is 6. The van der Waals surface area contributed by atoms with Gasteiger partial charge in [-0.15, -0.1) is 11.3 Å². The highest BCUT2D eigenvalue weighted by Gasteiger charge is 2.09. The van der Waals surface area contributed by atoms with E-state index < -0.39 is 4.92 Å². The van der Waals surface area contributed by atoms with Gasteiger partial charge in [-0.1, -0.05) is 24.3 Å². The number of benzene rings is 2. The van der Waals surface area contributed by atoms with E-state index in [4.69, 9.17) is 9.47 Å². The first kappa shape index (κ1) is 19.3. The Labute approximate surface area is 165 Å². The van der Waals surface area contributed by atoms with Crippen molar-refractivity contribution in [2.45, 2.75) is 6.61 Å². The SMILES string of the molecule is COc1ccc(/C=C/C(=O)c2cccs2)cc1COc1cccc([N+](=O)[O-])c1. The van der Waals surface area contributed by atoms with Gasteiger partial charge >= 0.3 is 0 Å². The Kier molecular flexibility index (Phi) is 6.18. The number of carbonyl (C=O) groups is 1. The molecule has 0 fully saturated rings. The lowest BCUT2D eigenvalue weighted by atomic mass is 10.1. The molecule has 0 spiro atoms. The molecule has 1 aromatic heterocycles. The van der Waals surface area contributed by atoms with Crippen LogP contribution in [0.1, 0.15) is 20.8 Å². The lowest BCUT2D eigenvalue weighted by molar-refractivity contribution is -0.384. The fourth-order valence-corrected chi connectivity index (χ4v) is 3.18. The summed E-state index contributed by atoms with van der Waals surface area (Å²) in [6.45, 7) is 0.172. The maximum atomic E-state index is 12.1. The maximum Gasteiger partial charge on any atom is 0.273 e. The molecule has 3 rings (SSSR count). The van der Waals surface area contributed by atoms with Crippen molar-refractivity contribution in [1.29, 1.82) is 0 Å². The molecule has 0 N–H and O–H groups in total. The van der Waals surface area contributed by atoms with E-state index >= 15 is 0 Å². The first-order valence-electron chi connectivity index (χ1n) is 8.37. The van der Waals surface area contributed by atoms with Crippen LogP contribution in [0, 0.1) is 10.1 Å². The van der Waals surface area contributed by atoms with E-state index in [1.165, 1.54) is 29.5 Å². The zero-order valence-electron chi connectivity index (χ0n) is 15.0. The first-order valence-corrected chi connectivity index (χ1v) is 9.25. The molecule has 7 heteroatoms. The lowest BCUT2D eigenvalue weighted by Gasteiger charge is -2.11. The van der Waals surface area contributed by atoms with Gasteiger partial charge in [-0.2, -0.15) is 0 Å². The molecule has 2 aromatic carbocycles. The minimum Gasteiger partial charge on any atom is -0.496 e. The Morgan fingerprint density at radius 2 is 2.04 bits per heavy atom. The van der Waals surface area contributed by atoms with Crippen LogP contribution >= 0.6 is 11.3 Å². The molecule has 0 aliphatic carbocycles. The fourth-order valence-electron chi connectivity index (χ4n) is 2.54. The molecule has 0 saturated carbocycles. The highest BCUT2D eigenvalue weighted by Crippen LogP contribution is 2.25. The van der Waals surface area contributed by atoms with Crippen molar-refractivity contribution in [3.63, 3.8) is 0 Å². The highest BCUT2D eigenvalue weighted by atomic mass is 32.1. The number of carbonyl (C=O) groups excluding carboxylic acids is 1. The van der Waals surface area contributed by atoms with Crippen LogP contribution in [0.4, 0.5) is 5.69 Å². The summed E-state index contributed by atoms with van der Waals surface area (Å²) in [6, 6.07) is 15.1. The number of hydrogen-bond donors (Lipinski definition) is 0. The Balaban J connectivity index is 1.75. The van der Waals surface area contributed by atoms with E-state index in [-0.39, 0.29) is 18.1 Å². The van der Waals surface area contributed by atoms with Gasteiger partial charge < -0.3 is 9.47 Å². The number of methoxy groups -OCH3 is 1. The van der Waals surface area contributed by atoms with E-state index in [1.807, 2.05) is 23.6 Å². The van der Waals surface area contributed by atoms with Crippen molar-refractivity contribution < 1.29 is 19.2 Å². The van der Waals surface area contributed by atoms with Gasteiger partial charge in [-0.05, 0) is 41.3 Å². The number of thiophene rings is 1. The standard InChI is InChI=1S/C21H17NO5S/c1-26-20-10-8-15(7-9-19(23)21-6-3-11-28-21)12-16(20)14-27-18-5-2-4-17(13-18)22(24)25/h2-13H,14H2,1H3/b9-7+. The van der Waals surface area contributed by atoms with E-state index in [2.05, 4.69) is 0 Å². The van der Waals surface area contributed by atoms with E-state index in [0.717, 1.165) is 11.1 Å². The summed E-state index contributed by atoms with van der Waals surface area (Å²) in [7, 11) is 1.56. The molecule has 28 heavy (non-hydrogen) atoms. The van der Waals surface area contributed by atoms with Crippen LogP contribution in [-0.2, 0) is 6.61 Å². The topological polar surface area (TPSA) is 78.7 Å². The van der Waals surface area contributed by atoms with Crippen LogP contribution in [0.25, 0.3) is 6.08 Å². The molecule has 0 bridgehead atoms. The zero-order chi connectivity index (χ0) is 19.9. The van der Waals surface area contributed by atoms with Crippen molar-refractivity contribution >= 4 is 28.9 Å². The number of nitro benzene ring substituents is 1. The summed E-state index contributed by atoms with van der Waals surface area (Å²) < 4.78 is 11.0. The van der Waals surface area contributed by atoms with Gasteiger partial charge in [0.1, 0.15) is 18.1 Å². The van der Waals surface area contributed by atoms with Gasteiger partial charge in [0.05, 0.1) is 23.0 Å². The summed E-state index contributed by atoms with van der Waals surface area (Å²) in [4.78, 5) is 23.2. The summed E-state index contributed by atoms with van der Waals surface area (Å²) in [5.41, 5.74) is 1.55. The molecule has 0 atom stereocenters. The summed E-state index contributed by atoms with van der Waals surface area (Å²) in [6.07, 6.45) is 3.26. The Morgan fingerprint density at radius 1 is 1.18 bits per heavy atom. The lowest BCUT2D eigenvalue weighted by Crippen LogP contribution is -2.00. The normalized spacial score (nSPS) is 10.8. The Morgan fingerprint density at radius 3 is 2.75 bits per heavy atom. The van der Waals surface area contributed by atoms with Crippen molar-refractivity contribution in [3.05, 3.63) is 92.2 Å². The molecule has 0 saturated heterocycles. The Bertz CT molecular complexity index is 1010. The molecular weight excluding hydrogens is 378 g/mol. The molecule has 0 aliphatic rings.